The Morgan fingerprint density at radius 1 is 1.50 bits per heavy atom. The topological polar surface area (TPSA) is 46.1 Å². The van der Waals surface area contributed by atoms with E-state index in [4.69, 9.17) is 5.73 Å². The summed E-state index contributed by atoms with van der Waals surface area (Å²) in [5, 5.41) is 9.26. The maximum Gasteiger partial charge on any atom is 0 e. The van der Waals surface area contributed by atoms with E-state index in [0.717, 1.165) is 24.6 Å². The predicted molar refractivity (Wildman–Crippen MR) is 48.3 cm³/mol. The van der Waals surface area contributed by atoms with E-state index in [0.29, 0.717) is 0 Å². The van der Waals surface area contributed by atoms with E-state index in [-0.39, 0.29) is 38.4 Å². The minimum absolute atomic E-state index is 0. The van der Waals surface area contributed by atoms with Gasteiger partial charge < -0.3 is 11.1 Å². The van der Waals surface area contributed by atoms with E-state index in [1.807, 2.05) is 18.2 Å². The van der Waals surface area contributed by atoms with E-state index in [1.54, 1.807) is 0 Å². The standard InChI is InChI=1S/C9H10N2.Y/c10-7-6-9(11)8-4-2-1-3-5-8;/h2,4-7,10H,1,3H2;/q-2;/b7-6-;. The van der Waals surface area contributed by atoms with Crippen molar-refractivity contribution in [2.75, 3.05) is 0 Å². The predicted octanol–water partition coefficient (Wildman–Crippen LogP) is 2.84. The van der Waals surface area contributed by atoms with Crippen molar-refractivity contribution in [1.82, 2.24) is 0 Å². The number of allylic oxidation sites excluding steroid dienone is 5. The zero-order valence-corrected chi connectivity index (χ0v) is 9.66. The summed E-state index contributed by atoms with van der Waals surface area (Å²) < 4.78 is 0. The van der Waals surface area contributed by atoms with Crippen LogP contribution in [0.15, 0.2) is 36.1 Å². The Kier molecular flexibility index (Phi) is 6.22. The van der Waals surface area contributed by atoms with Crippen molar-refractivity contribution in [3.63, 3.8) is 0 Å². The van der Waals surface area contributed by atoms with Crippen LogP contribution >= 0.6 is 0 Å². The molecule has 1 radical (unpaired) electrons. The van der Waals surface area contributed by atoms with E-state index < -0.39 is 0 Å². The average Bonchev–Trinajstić information content (AvgIpc) is 2.07. The van der Waals surface area contributed by atoms with Gasteiger partial charge in [0.05, 0.1) is 0 Å². The largest absolute Gasteiger partial charge is 0.804 e. The van der Waals surface area contributed by atoms with Crippen LogP contribution in [0.5, 0.6) is 0 Å². The summed E-state index contributed by atoms with van der Waals surface area (Å²) in [4.78, 5) is 0. The Bertz CT molecular complexity index is 239. The van der Waals surface area contributed by atoms with Crippen molar-refractivity contribution < 1.29 is 32.7 Å². The zero-order valence-electron chi connectivity index (χ0n) is 6.83. The molecule has 0 saturated heterocycles. The van der Waals surface area contributed by atoms with Crippen LogP contribution < -0.4 is 0 Å². The van der Waals surface area contributed by atoms with Crippen LogP contribution in [-0.4, -0.2) is 5.71 Å². The molecule has 0 aromatic carbocycles. The monoisotopic (exact) mass is 235 g/mol. The Balaban J connectivity index is 0.00000121. The quantitative estimate of drug-likeness (QED) is 0.660. The molecule has 61 valence electrons. The molecule has 0 aliphatic heterocycles. The number of nitrogens with one attached hydrogen (secondary N) is 1. The second-order valence-electron chi connectivity index (χ2n) is 2.36. The number of nitrogens with zero attached hydrogens (tertiary/aromatic N) is 1. The summed E-state index contributed by atoms with van der Waals surface area (Å²) in [5.41, 5.74) is 7.74. The molecule has 0 bridgehead atoms. The van der Waals surface area contributed by atoms with Gasteiger partial charge in [0.15, 0.2) is 0 Å². The molecule has 12 heavy (non-hydrogen) atoms. The number of rotatable bonds is 2. The van der Waals surface area contributed by atoms with Crippen LogP contribution in [0.4, 0.5) is 0 Å². The van der Waals surface area contributed by atoms with Crippen LogP contribution in [0.3, 0.4) is 0 Å². The first-order chi connectivity index (χ1) is 5.34. The smallest absolute Gasteiger partial charge is 0 e. The second-order valence-corrected chi connectivity index (χ2v) is 2.36. The van der Waals surface area contributed by atoms with Crippen LogP contribution in [0.1, 0.15) is 12.8 Å². The van der Waals surface area contributed by atoms with E-state index >= 15 is 0 Å². The van der Waals surface area contributed by atoms with Crippen molar-refractivity contribution >= 4 is 5.71 Å². The van der Waals surface area contributed by atoms with Crippen LogP contribution in [0.25, 0.3) is 11.1 Å². The summed E-state index contributed by atoms with van der Waals surface area (Å²) in [5.74, 6) is 0. The maximum absolute atomic E-state index is 9.26. The van der Waals surface area contributed by atoms with E-state index in [2.05, 4.69) is 0 Å². The number of hydrogen-bond acceptors (Lipinski definition) is 0. The first kappa shape index (κ1) is 11.8. The summed E-state index contributed by atoms with van der Waals surface area (Å²) in [6.45, 7) is 0. The van der Waals surface area contributed by atoms with Gasteiger partial charge in [0, 0.05) is 32.7 Å². The van der Waals surface area contributed by atoms with Gasteiger partial charge in [-0.15, -0.1) is 6.08 Å². The van der Waals surface area contributed by atoms with Gasteiger partial charge in [-0.2, -0.15) is 11.9 Å². The summed E-state index contributed by atoms with van der Waals surface area (Å²) in [6.07, 6.45) is 10.3. The third kappa shape index (κ3) is 3.46. The molecule has 1 aliphatic rings. The SMILES string of the molecule is [N-]=C(/C=C\[NH-])C1=CCCC=C1.[Y]. The molecule has 2 nitrogen and oxygen atoms in total. The first-order valence-corrected chi connectivity index (χ1v) is 3.61. The Morgan fingerprint density at radius 2 is 2.25 bits per heavy atom. The fraction of sp³-hybridized carbons (Fsp3) is 0.222. The van der Waals surface area contributed by atoms with Gasteiger partial charge in [-0.25, -0.2) is 0 Å². The molecule has 0 aromatic rings. The molecule has 0 unspecified atom stereocenters. The molecule has 1 N–H and O–H groups in total. The zero-order chi connectivity index (χ0) is 8.10. The molecule has 1 aliphatic carbocycles. The van der Waals surface area contributed by atoms with Crippen LogP contribution in [0.2, 0.25) is 0 Å². The van der Waals surface area contributed by atoms with Crippen molar-refractivity contribution in [3.8, 4) is 0 Å². The van der Waals surface area contributed by atoms with Crippen molar-refractivity contribution in [2.24, 2.45) is 0 Å². The normalized spacial score (nSPS) is 15.5. The van der Waals surface area contributed by atoms with Crippen molar-refractivity contribution in [1.29, 1.82) is 0 Å². The minimum atomic E-state index is 0. The van der Waals surface area contributed by atoms with Crippen molar-refractivity contribution in [3.05, 3.63) is 47.2 Å². The summed E-state index contributed by atoms with van der Waals surface area (Å²) >= 11 is 0. The van der Waals surface area contributed by atoms with Gasteiger partial charge in [-0.3, -0.25) is 0 Å². The Labute approximate surface area is 98.0 Å². The minimum Gasteiger partial charge on any atom is -0.804 e. The molecule has 0 aromatic heterocycles. The average molecular weight is 235 g/mol. The van der Waals surface area contributed by atoms with Gasteiger partial charge in [-0.05, 0) is 18.4 Å². The Morgan fingerprint density at radius 3 is 2.75 bits per heavy atom. The molecule has 0 saturated carbocycles. The van der Waals surface area contributed by atoms with Crippen LogP contribution in [-0.2, 0) is 32.7 Å². The molecule has 0 spiro atoms. The van der Waals surface area contributed by atoms with Gasteiger partial charge in [0.1, 0.15) is 0 Å². The van der Waals surface area contributed by atoms with E-state index in [1.165, 1.54) is 6.08 Å². The van der Waals surface area contributed by atoms with Gasteiger partial charge in [0.2, 0.25) is 0 Å². The Hall–Kier alpha value is -0.206. The third-order valence-electron chi connectivity index (χ3n) is 1.53. The molecule has 3 heteroatoms. The first-order valence-electron chi connectivity index (χ1n) is 3.61. The molecular weight excluding hydrogens is 225 g/mol. The van der Waals surface area contributed by atoms with E-state index in [9.17, 15) is 5.41 Å². The third-order valence-corrected chi connectivity index (χ3v) is 1.53. The number of hydrogen-bond donors (Lipinski definition) is 0. The summed E-state index contributed by atoms with van der Waals surface area (Å²) in [7, 11) is 0. The fourth-order valence-corrected chi connectivity index (χ4v) is 0.979. The van der Waals surface area contributed by atoms with Crippen molar-refractivity contribution in [2.45, 2.75) is 12.8 Å². The molecule has 1 rings (SSSR count). The second kappa shape index (κ2) is 6.33. The molecule has 0 fully saturated rings. The molecule has 0 amide bonds. The molecular formula is C9H10N2Y-2. The van der Waals surface area contributed by atoms with Gasteiger partial charge in [0.25, 0.3) is 0 Å². The van der Waals surface area contributed by atoms with Gasteiger partial charge >= 0.3 is 0 Å². The summed E-state index contributed by atoms with van der Waals surface area (Å²) in [6, 6.07) is 0. The maximum atomic E-state index is 9.26. The van der Waals surface area contributed by atoms with Crippen LogP contribution in [0, 0.1) is 0 Å². The molecule has 0 atom stereocenters. The molecule has 0 heterocycles. The van der Waals surface area contributed by atoms with Gasteiger partial charge in [-0.1, -0.05) is 18.2 Å². The fourth-order valence-electron chi connectivity index (χ4n) is 0.979.